The van der Waals surface area contributed by atoms with Crippen molar-refractivity contribution in [1.29, 1.82) is 0 Å². The molecule has 3 atom stereocenters. The van der Waals surface area contributed by atoms with Gasteiger partial charge < -0.3 is 14.5 Å². The van der Waals surface area contributed by atoms with E-state index in [-0.39, 0.29) is 23.7 Å². The average molecular weight is 312 g/mol. The van der Waals surface area contributed by atoms with Crippen LogP contribution in [0, 0.1) is 17.8 Å². The Bertz CT molecular complexity index is 466. The minimum atomic E-state index is -1.61. The molecule has 3 fully saturated rings. The lowest BCUT2D eigenvalue weighted by Crippen LogP contribution is -2.49. The topological polar surface area (TPSA) is 49.9 Å². The van der Waals surface area contributed by atoms with Crippen molar-refractivity contribution in [2.75, 3.05) is 40.4 Å². The summed E-state index contributed by atoms with van der Waals surface area (Å²) < 4.78 is 19.3. The van der Waals surface area contributed by atoms with Crippen molar-refractivity contribution >= 4 is 11.8 Å². The SMILES string of the molecule is COC[C@H]1CN(C)C(=O)[C@H]2CCN(C(=O)C3(F)CC3)CC[C@@H]12. The molecule has 2 amide bonds. The summed E-state index contributed by atoms with van der Waals surface area (Å²) in [5.74, 6) is 0.263. The maximum Gasteiger partial charge on any atom is 0.260 e. The molecule has 3 aliphatic rings. The van der Waals surface area contributed by atoms with Gasteiger partial charge in [0.05, 0.1) is 6.61 Å². The fourth-order valence-electron chi connectivity index (χ4n) is 4.06. The third-order valence-corrected chi connectivity index (χ3v) is 5.51. The number of likely N-dealkylation sites (tertiary alicyclic amines) is 2. The standard InChI is InChI=1S/C16H25FN2O3/c1-18-9-11(10-22-2)12-3-7-19(8-4-13(12)14(18)20)15(21)16(17)5-6-16/h11-13H,3-10H2,1-2H3/t11-,12+,13+/m1/s1. The molecule has 5 nitrogen and oxygen atoms in total. The molecular formula is C16H25FN2O3. The molecule has 0 radical (unpaired) electrons. The minimum absolute atomic E-state index is 0.0635. The van der Waals surface area contributed by atoms with Gasteiger partial charge in [0.15, 0.2) is 5.67 Å². The number of ether oxygens (including phenoxy) is 1. The van der Waals surface area contributed by atoms with Crippen molar-refractivity contribution in [2.24, 2.45) is 17.8 Å². The highest BCUT2D eigenvalue weighted by molar-refractivity contribution is 5.88. The van der Waals surface area contributed by atoms with Crippen LogP contribution in [0.25, 0.3) is 0 Å². The second-order valence-electron chi connectivity index (χ2n) is 7.04. The number of piperidine rings is 1. The van der Waals surface area contributed by atoms with Gasteiger partial charge >= 0.3 is 0 Å². The Morgan fingerprint density at radius 2 is 2.05 bits per heavy atom. The second-order valence-corrected chi connectivity index (χ2v) is 7.04. The van der Waals surface area contributed by atoms with Crippen molar-refractivity contribution in [2.45, 2.75) is 31.4 Å². The van der Waals surface area contributed by atoms with E-state index in [1.54, 1.807) is 16.9 Å². The number of hydrogen-bond donors (Lipinski definition) is 0. The van der Waals surface area contributed by atoms with E-state index < -0.39 is 5.67 Å². The van der Waals surface area contributed by atoms with Crippen LogP contribution in [0.5, 0.6) is 0 Å². The summed E-state index contributed by atoms with van der Waals surface area (Å²) in [6.07, 6.45) is 2.10. The number of carbonyl (C=O) groups is 2. The summed E-state index contributed by atoms with van der Waals surface area (Å²) in [6, 6.07) is 0. The first kappa shape index (κ1) is 15.7. The quantitative estimate of drug-likeness (QED) is 0.783. The highest BCUT2D eigenvalue weighted by Crippen LogP contribution is 2.43. The van der Waals surface area contributed by atoms with Gasteiger partial charge in [0, 0.05) is 45.6 Å². The first-order chi connectivity index (χ1) is 10.5. The molecule has 22 heavy (non-hydrogen) atoms. The van der Waals surface area contributed by atoms with Crippen molar-refractivity contribution < 1.29 is 18.7 Å². The zero-order valence-corrected chi connectivity index (χ0v) is 13.4. The molecule has 0 aromatic rings. The van der Waals surface area contributed by atoms with E-state index in [9.17, 15) is 14.0 Å². The molecule has 6 heteroatoms. The van der Waals surface area contributed by atoms with Gasteiger partial charge in [0.2, 0.25) is 5.91 Å². The summed E-state index contributed by atoms with van der Waals surface area (Å²) in [5, 5.41) is 0. The Morgan fingerprint density at radius 3 is 2.68 bits per heavy atom. The number of rotatable bonds is 3. The fraction of sp³-hybridized carbons (Fsp3) is 0.875. The Labute approximate surface area is 130 Å². The molecule has 1 saturated carbocycles. The number of fused-ring (bicyclic) bond motifs is 1. The van der Waals surface area contributed by atoms with Gasteiger partial charge in [-0.1, -0.05) is 0 Å². The third kappa shape index (κ3) is 2.73. The number of halogens is 1. The van der Waals surface area contributed by atoms with Crippen LogP contribution in [0.4, 0.5) is 4.39 Å². The Kier molecular flexibility index (Phi) is 4.14. The smallest absolute Gasteiger partial charge is 0.260 e. The lowest BCUT2D eigenvalue weighted by atomic mass is 9.75. The maximum atomic E-state index is 14.0. The van der Waals surface area contributed by atoms with Crippen LogP contribution in [0.1, 0.15) is 25.7 Å². The van der Waals surface area contributed by atoms with E-state index in [1.165, 1.54) is 0 Å². The maximum absolute atomic E-state index is 14.0. The van der Waals surface area contributed by atoms with Crippen LogP contribution in [0.15, 0.2) is 0 Å². The van der Waals surface area contributed by atoms with Crippen LogP contribution in [0.3, 0.4) is 0 Å². The Hall–Kier alpha value is -1.17. The summed E-state index contributed by atoms with van der Waals surface area (Å²) >= 11 is 0. The summed E-state index contributed by atoms with van der Waals surface area (Å²) in [5.41, 5.74) is -1.61. The van der Waals surface area contributed by atoms with Crippen molar-refractivity contribution in [3.8, 4) is 0 Å². The van der Waals surface area contributed by atoms with Gasteiger partial charge in [-0.05, 0) is 31.6 Å². The van der Waals surface area contributed by atoms with E-state index in [2.05, 4.69) is 0 Å². The zero-order valence-electron chi connectivity index (χ0n) is 13.4. The number of amides is 2. The van der Waals surface area contributed by atoms with Crippen molar-refractivity contribution in [3.63, 3.8) is 0 Å². The Balaban J connectivity index is 1.73. The normalized spacial score (nSPS) is 34.1. The molecule has 0 N–H and O–H groups in total. The molecule has 0 spiro atoms. The van der Waals surface area contributed by atoms with Gasteiger partial charge in [0.1, 0.15) is 0 Å². The van der Waals surface area contributed by atoms with Crippen LogP contribution in [-0.2, 0) is 14.3 Å². The molecule has 2 saturated heterocycles. The van der Waals surface area contributed by atoms with Gasteiger partial charge in [-0.15, -0.1) is 0 Å². The highest BCUT2D eigenvalue weighted by atomic mass is 19.1. The van der Waals surface area contributed by atoms with E-state index >= 15 is 0 Å². The molecule has 0 unspecified atom stereocenters. The molecule has 124 valence electrons. The first-order valence-electron chi connectivity index (χ1n) is 8.18. The predicted molar refractivity (Wildman–Crippen MR) is 78.9 cm³/mol. The molecule has 2 aliphatic heterocycles. The number of hydrogen-bond acceptors (Lipinski definition) is 3. The summed E-state index contributed by atoms with van der Waals surface area (Å²) in [7, 11) is 3.51. The van der Waals surface area contributed by atoms with Gasteiger partial charge in [0.25, 0.3) is 5.91 Å². The number of carbonyl (C=O) groups excluding carboxylic acids is 2. The molecule has 3 rings (SSSR count). The minimum Gasteiger partial charge on any atom is -0.384 e. The van der Waals surface area contributed by atoms with E-state index in [1.807, 2.05) is 7.05 Å². The molecule has 2 heterocycles. The molecule has 0 aromatic heterocycles. The fourth-order valence-corrected chi connectivity index (χ4v) is 4.06. The van der Waals surface area contributed by atoms with Gasteiger partial charge in [-0.25, -0.2) is 4.39 Å². The molecular weight excluding hydrogens is 287 g/mol. The largest absolute Gasteiger partial charge is 0.384 e. The van der Waals surface area contributed by atoms with Crippen LogP contribution in [-0.4, -0.2) is 67.7 Å². The monoisotopic (exact) mass is 312 g/mol. The number of nitrogens with zero attached hydrogens (tertiary/aromatic N) is 2. The molecule has 0 aromatic carbocycles. The van der Waals surface area contributed by atoms with Crippen molar-refractivity contribution in [3.05, 3.63) is 0 Å². The van der Waals surface area contributed by atoms with Crippen molar-refractivity contribution in [1.82, 2.24) is 9.80 Å². The van der Waals surface area contributed by atoms with Crippen LogP contribution in [0.2, 0.25) is 0 Å². The molecule has 0 bridgehead atoms. The van der Waals surface area contributed by atoms with E-state index in [0.29, 0.717) is 51.4 Å². The van der Waals surface area contributed by atoms with Crippen LogP contribution >= 0.6 is 0 Å². The third-order valence-electron chi connectivity index (χ3n) is 5.51. The lowest BCUT2D eigenvalue weighted by Gasteiger charge is -2.40. The first-order valence-corrected chi connectivity index (χ1v) is 8.18. The van der Waals surface area contributed by atoms with E-state index in [4.69, 9.17) is 4.74 Å². The average Bonchev–Trinajstić information content (AvgIpc) is 3.27. The summed E-state index contributed by atoms with van der Waals surface area (Å²) in [4.78, 5) is 28.1. The van der Waals surface area contributed by atoms with Gasteiger partial charge in [-0.3, -0.25) is 9.59 Å². The number of alkyl halides is 1. The molecule has 1 aliphatic carbocycles. The van der Waals surface area contributed by atoms with Gasteiger partial charge in [-0.2, -0.15) is 0 Å². The Morgan fingerprint density at radius 1 is 1.36 bits per heavy atom. The van der Waals surface area contributed by atoms with Crippen LogP contribution < -0.4 is 0 Å². The summed E-state index contributed by atoms with van der Waals surface area (Å²) in [6.45, 7) is 2.38. The number of methoxy groups -OCH3 is 1. The second kappa shape index (κ2) is 5.80. The lowest BCUT2D eigenvalue weighted by molar-refractivity contribution is -0.144. The van der Waals surface area contributed by atoms with E-state index in [0.717, 1.165) is 6.42 Å². The predicted octanol–water partition coefficient (Wildman–Crippen LogP) is 1.08. The zero-order chi connectivity index (χ0) is 15.9. The highest BCUT2D eigenvalue weighted by Gasteiger charge is 2.53.